The van der Waals surface area contributed by atoms with Crippen molar-refractivity contribution in [3.05, 3.63) is 31.6 Å². The number of amides is 1. The summed E-state index contributed by atoms with van der Waals surface area (Å²) in [4.78, 5) is 22.6. The van der Waals surface area contributed by atoms with Gasteiger partial charge in [0, 0.05) is 23.6 Å². The Morgan fingerprint density at radius 1 is 1.41 bits per heavy atom. The number of aromatic nitrogens is 1. The van der Waals surface area contributed by atoms with Crippen LogP contribution in [0.4, 0.5) is 0 Å². The molecule has 0 spiro atoms. The molecule has 1 aromatic heterocycles. The van der Waals surface area contributed by atoms with Crippen LogP contribution in [0.5, 0.6) is 0 Å². The fraction of sp³-hybridized carbons (Fsp3) is 0.400. The predicted molar refractivity (Wildman–Crippen MR) is 72.3 cm³/mol. The number of carbonyl (C=O) groups excluding carboxylic acids is 1. The number of aryl methyl sites for hydroxylation is 1. The topological polar surface area (TPSA) is 77.1 Å². The number of hydrogen-bond acceptors (Lipinski definition) is 3. The van der Waals surface area contributed by atoms with Crippen LogP contribution in [-0.2, 0) is 11.3 Å². The number of halogens is 2. The molecule has 3 N–H and O–H groups in total. The van der Waals surface area contributed by atoms with Crippen LogP contribution >= 0.6 is 31.9 Å². The Kier molecular flexibility index (Phi) is 5.87. The van der Waals surface area contributed by atoms with Gasteiger partial charge in [0.05, 0.1) is 4.47 Å². The second-order valence-electron chi connectivity index (χ2n) is 3.53. The normalized spacial score (nSPS) is 10.3. The molecule has 17 heavy (non-hydrogen) atoms. The highest BCUT2D eigenvalue weighted by atomic mass is 79.9. The Morgan fingerprint density at radius 2 is 2.12 bits per heavy atom. The summed E-state index contributed by atoms with van der Waals surface area (Å²) in [6.07, 6.45) is 3.55. The minimum atomic E-state index is -0.187. The Labute approximate surface area is 116 Å². The maximum absolute atomic E-state index is 11.7. The van der Waals surface area contributed by atoms with Gasteiger partial charge in [-0.15, -0.1) is 0 Å². The highest BCUT2D eigenvalue weighted by Gasteiger charge is 2.03. The third-order valence-corrected chi connectivity index (χ3v) is 3.22. The molecule has 0 unspecified atom stereocenters. The first kappa shape index (κ1) is 14.4. The lowest BCUT2D eigenvalue weighted by Crippen LogP contribution is -2.29. The van der Waals surface area contributed by atoms with Crippen LogP contribution in [0.15, 0.2) is 26.0 Å². The first-order chi connectivity index (χ1) is 8.04. The van der Waals surface area contributed by atoms with Crippen molar-refractivity contribution in [1.82, 2.24) is 9.99 Å². The molecule has 1 aromatic rings. The maximum atomic E-state index is 11.7. The molecule has 0 atom stereocenters. The molecule has 7 heteroatoms. The van der Waals surface area contributed by atoms with E-state index >= 15 is 0 Å². The zero-order chi connectivity index (χ0) is 12.8. The van der Waals surface area contributed by atoms with Crippen molar-refractivity contribution in [3.8, 4) is 0 Å². The van der Waals surface area contributed by atoms with E-state index in [1.165, 1.54) is 0 Å². The van der Waals surface area contributed by atoms with E-state index in [0.29, 0.717) is 23.9 Å². The minimum absolute atomic E-state index is 0.0727. The summed E-state index contributed by atoms with van der Waals surface area (Å²) in [6, 6.07) is 1.71. The van der Waals surface area contributed by atoms with Crippen molar-refractivity contribution in [3.63, 3.8) is 0 Å². The van der Waals surface area contributed by atoms with Gasteiger partial charge in [0.15, 0.2) is 0 Å². The van der Waals surface area contributed by atoms with E-state index in [1.54, 1.807) is 16.8 Å². The molecule has 0 fully saturated rings. The average Bonchev–Trinajstić information content (AvgIpc) is 2.30. The van der Waals surface area contributed by atoms with Crippen molar-refractivity contribution in [2.45, 2.75) is 25.8 Å². The van der Waals surface area contributed by atoms with Gasteiger partial charge in [-0.3, -0.25) is 15.0 Å². The lowest BCUT2D eigenvalue weighted by atomic mass is 10.2. The molecule has 0 radical (unpaired) electrons. The molecule has 0 saturated heterocycles. The Morgan fingerprint density at radius 3 is 2.76 bits per heavy atom. The second-order valence-corrected chi connectivity index (χ2v) is 5.30. The summed E-state index contributed by atoms with van der Waals surface area (Å²) in [5.41, 5.74) is 2.00. The molecule has 0 saturated carbocycles. The molecule has 1 amide bonds. The molecule has 94 valence electrons. The smallest absolute Gasteiger partial charge is 0.264 e. The van der Waals surface area contributed by atoms with Crippen molar-refractivity contribution >= 4 is 37.8 Å². The molecular formula is C10H13Br2N3O2. The van der Waals surface area contributed by atoms with Crippen LogP contribution in [0.1, 0.15) is 19.3 Å². The number of hydrogen-bond donors (Lipinski definition) is 2. The summed E-state index contributed by atoms with van der Waals surface area (Å²) >= 11 is 6.52. The van der Waals surface area contributed by atoms with Gasteiger partial charge in [-0.1, -0.05) is 0 Å². The van der Waals surface area contributed by atoms with Gasteiger partial charge in [0.1, 0.15) is 0 Å². The molecule has 1 rings (SSSR count). The van der Waals surface area contributed by atoms with Crippen molar-refractivity contribution in [1.29, 1.82) is 0 Å². The molecule has 0 aromatic carbocycles. The van der Waals surface area contributed by atoms with Crippen LogP contribution in [0, 0.1) is 0 Å². The number of hydrazine groups is 1. The lowest BCUT2D eigenvalue weighted by molar-refractivity contribution is -0.121. The third-order valence-electron chi connectivity index (χ3n) is 2.22. The van der Waals surface area contributed by atoms with E-state index in [2.05, 4.69) is 37.3 Å². The fourth-order valence-corrected chi connectivity index (χ4v) is 2.63. The van der Waals surface area contributed by atoms with E-state index in [1.807, 2.05) is 0 Å². The number of nitrogens with two attached hydrogens (primary N) is 1. The summed E-state index contributed by atoms with van der Waals surface area (Å²) in [6.45, 7) is 0.578. The maximum Gasteiger partial charge on any atom is 0.264 e. The minimum Gasteiger partial charge on any atom is -0.313 e. The van der Waals surface area contributed by atoms with E-state index in [0.717, 1.165) is 10.9 Å². The molecule has 0 aliphatic rings. The van der Waals surface area contributed by atoms with Gasteiger partial charge in [0.25, 0.3) is 5.56 Å². The summed E-state index contributed by atoms with van der Waals surface area (Å²) in [5.74, 6) is 4.77. The SMILES string of the molecule is NNC(=O)CCCCn1cc(Br)cc(Br)c1=O. The van der Waals surface area contributed by atoms with Gasteiger partial charge >= 0.3 is 0 Å². The van der Waals surface area contributed by atoms with Crippen molar-refractivity contribution < 1.29 is 4.79 Å². The van der Waals surface area contributed by atoms with Gasteiger partial charge in [-0.05, 0) is 50.8 Å². The van der Waals surface area contributed by atoms with Crippen molar-refractivity contribution in [2.24, 2.45) is 5.84 Å². The Bertz CT molecular complexity index is 459. The Hall–Kier alpha value is -0.660. The summed E-state index contributed by atoms with van der Waals surface area (Å²) in [5, 5.41) is 0. The molecule has 0 aliphatic carbocycles. The molecule has 0 aliphatic heterocycles. The van der Waals surface area contributed by atoms with Crippen LogP contribution in [0.25, 0.3) is 0 Å². The zero-order valence-electron chi connectivity index (χ0n) is 9.08. The van der Waals surface area contributed by atoms with Crippen LogP contribution in [0.2, 0.25) is 0 Å². The third kappa shape index (κ3) is 4.61. The molecule has 0 bridgehead atoms. The summed E-state index contributed by atoms with van der Waals surface area (Å²) < 4.78 is 2.96. The number of unbranched alkanes of at least 4 members (excludes halogenated alkanes) is 1. The van der Waals surface area contributed by atoms with Gasteiger partial charge in [0.2, 0.25) is 5.91 Å². The van der Waals surface area contributed by atoms with Gasteiger partial charge in [-0.2, -0.15) is 0 Å². The zero-order valence-corrected chi connectivity index (χ0v) is 12.3. The van der Waals surface area contributed by atoms with Gasteiger partial charge < -0.3 is 4.57 Å². The van der Waals surface area contributed by atoms with Crippen molar-refractivity contribution in [2.75, 3.05) is 0 Å². The van der Waals surface area contributed by atoms with E-state index in [9.17, 15) is 9.59 Å². The first-order valence-corrected chi connectivity index (χ1v) is 6.68. The predicted octanol–water partition coefficient (Wildman–Crippen LogP) is 1.53. The molecule has 5 nitrogen and oxygen atoms in total. The number of nitrogens with one attached hydrogen (secondary N) is 1. The lowest BCUT2D eigenvalue weighted by Gasteiger charge is -2.06. The number of nitrogens with zero attached hydrogens (tertiary/aromatic N) is 1. The number of pyridine rings is 1. The average molecular weight is 367 g/mol. The van der Waals surface area contributed by atoms with Crippen LogP contribution in [0.3, 0.4) is 0 Å². The molecular weight excluding hydrogens is 354 g/mol. The first-order valence-electron chi connectivity index (χ1n) is 5.09. The fourth-order valence-electron chi connectivity index (χ4n) is 1.37. The quantitative estimate of drug-likeness (QED) is 0.359. The van der Waals surface area contributed by atoms with E-state index in [-0.39, 0.29) is 11.5 Å². The number of carbonyl (C=O) groups is 1. The van der Waals surface area contributed by atoms with Crippen LogP contribution in [-0.4, -0.2) is 10.5 Å². The van der Waals surface area contributed by atoms with E-state index in [4.69, 9.17) is 5.84 Å². The monoisotopic (exact) mass is 365 g/mol. The highest BCUT2D eigenvalue weighted by Crippen LogP contribution is 2.13. The standard InChI is InChI=1S/C10H13Br2N3O2/c11-7-5-8(12)10(17)15(6-7)4-2-1-3-9(16)14-13/h5-6H,1-4,13H2,(H,14,16). The van der Waals surface area contributed by atoms with E-state index < -0.39 is 0 Å². The highest BCUT2D eigenvalue weighted by molar-refractivity contribution is 9.11. The second kappa shape index (κ2) is 6.93. The molecule has 1 heterocycles. The Balaban J connectivity index is 2.52. The van der Waals surface area contributed by atoms with Crippen LogP contribution < -0.4 is 16.8 Å². The summed E-state index contributed by atoms with van der Waals surface area (Å²) in [7, 11) is 0. The largest absolute Gasteiger partial charge is 0.313 e. The van der Waals surface area contributed by atoms with Gasteiger partial charge in [-0.25, -0.2) is 5.84 Å². The number of rotatable bonds is 5.